The second-order valence-corrected chi connectivity index (χ2v) is 7.89. The van der Waals surface area contributed by atoms with Crippen molar-refractivity contribution in [3.8, 4) is 0 Å². The molecule has 27 heavy (non-hydrogen) atoms. The van der Waals surface area contributed by atoms with Crippen LogP contribution in [0.25, 0.3) is 0 Å². The zero-order valence-electron chi connectivity index (χ0n) is 19.1. The van der Waals surface area contributed by atoms with Crippen molar-refractivity contribution in [2.24, 2.45) is 17.8 Å². The number of allylic oxidation sites excluding steroid dienone is 2. The average molecular weight is 381 g/mol. The van der Waals surface area contributed by atoms with Crippen LogP contribution in [0.4, 0.5) is 0 Å². The second-order valence-electron chi connectivity index (χ2n) is 7.89. The van der Waals surface area contributed by atoms with E-state index in [9.17, 15) is 0 Å². The molecule has 160 valence electrons. The van der Waals surface area contributed by atoms with E-state index >= 15 is 0 Å². The first kappa shape index (κ1) is 26.2. The summed E-state index contributed by atoms with van der Waals surface area (Å²) in [6.45, 7) is 16.6. The standard InChI is InChI=1S/C25H48O2/c1-7-12-13-16-19-24(10-4)25(21-26-11-5)22(6)27-20-17-14-15-18-23(8-2)9-3/h7,17,20,22-25H,1,8-16,18-19,21H2,2-6H3. The van der Waals surface area contributed by atoms with Crippen LogP contribution in [-0.2, 0) is 9.47 Å². The predicted octanol–water partition coefficient (Wildman–Crippen LogP) is 7.94. The lowest BCUT2D eigenvalue weighted by molar-refractivity contribution is 0.000613. The highest BCUT2D eigenvalue weighted by Crippen LogP contribution is 2.28. The maximum atomic E-state index is 6.09. The van der Waals surface area contributed by atoms with E-state index in [0.717, 1.165) is 32.0 Å². The van der Waals surface area contributed by atoms with Crippen molar-refractivity contribution in [3.63, 3.8) is 0 Å². The molecule has 0 aliphatic rings. The Labute approximate surface area is 170 Å². The van der Waals surface area contributed by atoms with E-state index in [4.69, 9.17) is 9.47 Å². The lowest BCUT2D eigenvalue weighted by Crippen LogP contribution is -2.31. The zero-order chi connectivity index (χ0) is 20.3. The Balaban J connectivity index is 4.41. The van der Waals surface area contributed by atoms with Crippen LogP contribution in [-0.4, -0.2) is 19.3 Å². The molecule has 0 saturated carbocycles. The van der Waals surface area contributed by atoms with E-state index < -0.39 is 0 Å². The maximum Gasteiger partial charge on any atom is 0.100 e. The van der Waals surface area contributed by atoms with Gasteiger partial charge in [-0.3, -0.25) is 0 Å². The molecule has 0 fully saturated rings. The summed E-state index contributed by atoms with van der Waals surface area (Å²) in [5.74, 6) is 2.02. The minimum atomic E-state index is 0.205. The van der Waals surface area contributed by atoms with E-state index in [1.807, 2.05) is 12.3 Å². The van der Waals surface area contributed by atoms with Gasteiger partial charge < -0.3 is 9.47 Å². The molecule has 0 aromatic rings. The molecular weight excluding hydrogens is 332 g/mol. The van der Waals surface area contributed by atoms with Gasteiger partial charge in [-0.15, -0.1) is 6.58 Å². The Hall–Kier alpha value is -0.760. The van der Waals surface area contributed by atoms with Crippen molar-refractivity contribution >= 4 is 0 Å². The first-order valence-electron chi connectivity index (χ1n) is 11.6. The highest BCUT2D eigenvalue weighted by atomic mass is 16.5. The molecule has 0 heterocycles. The summed E-state index contributed by atoms with van der Waals surface area (Å²) < 4.78 is 11.9. The highest BCUT2D eigenvalue weighted by molar-refractivity contribution is 4.80. The van der Waals surface area contributed by atoms with Crippen LogP contribution in [0.15, 0.2) is 25.0 Å². The van der Waals surface area contributed by atoms with Gasteiger partial charge in [0.15, 0.2) is 0 Å². The molecule has 0 N–H and O–H groups in total. The Morgan fingerprint density at radius 3 is 2.22 bits per heavy atom. The van der Waals surface area contributed by atoms with Gasteiger partial charge in [0.05, 0.1) is 12.9 Å². The monoisotopic (exact) mass is 380 g/mol. The van der Waals surface area contributed by atoms with Crippen LogP contribution in [0.2, 0.25) is 0 Å². The molecule has 0 radical (unpaired) electrons. The summed E-state index contributed by atoms with van der Waals surface area (Å²) in [7, 11) is 0. The van der Waals surface area contributed by atoms with Crippen LogP contribution >= 0.6 is 0 Å². The Morgan fingerprint density at radius 2 is 1.63 bits per heavy atom. The van der Waals surface area contributed by atoms with E-state index in [1.165, 1.54) is 51.4 Å². The molecule has 0 aromatic carbocycles. The zero-order valence-corrected chi connectivity index (χ0v) is 19.1. The molecule has 0 rings (SSSR count). The van der Waals surface area contributed by atoms with Crippen LogP contribution in [0.1, 0.15) is 98.8 Å². The van der Waals surface area contributed by atoms with Crippen LogP contribution in [0, 0.1) is 17.8 Å². The molecule has 0 amide bonds. The third kappa shape index (κ3) is 13.1. The Morgan fingerprint density at radius 1 is 0.889 bits per heavy atom. The number of rotatable bonds is 19. The molecule has 0 aromatic heterocycles. The number of hydrogen-bond donors (Lipinski definition) is 0. The maximum absolute atomic E-state index is 6.09. The summed E-state index contributed by atoms with van der Waals surface area (Å²) in [6.07, 6.45) is 18.8. The summed E-state index contributed by atoms with van der Waals surface area (Å²) in [5.41, 5.74) is 0. The Kier molecular flexibility index (Phi) is 18.1. The quantitative estimate of drug-likeness (QED) is 0.129. The van der Waals surface area contributed by atoms with Gasteiger partial charge in [-0.1, -0.05) is 59.0 Å². The normalized spacial score (nSPS) is 15.2. The second kappa shape index (κ2) is 18.6. The lowest BCUT2D eigenvalue weighted by Gasteiger charge is -2.30. The van der Waals surface area contributed by atoms with Gasteiger partial charge in [0.2, 0.25) is 0 Å². The van der Waals surface area contributed by atoms with Crippen molar-refractivity contribution in [2.45, 2.75) is 105 Å². The van der Waals surface area contributed by atoms with E-state index in [-0.39, 0.29) is 6.10 Å². The summed E-state index contributed by atoms with van der Waals surface area (Å²) in [4.78, 5) is 0. The van der Waals surface area contributed by atoms with Gasteiger partial charge in [0.1, 0.15) is 6.10 Å². The molecule has 0 saturated heterocycles. The van der Waals surface area contributed by atoms with Gasteiger partial charge in [-0.2, -0.15) is 0 Å². The molecule has 2 nitrogen and oxygen atoms in total. The number of unbranched alkanes of at least 4 members (excludes halogenated alkanes) is 3. The van der Waals surface area contributed by atoms with E-state index in [2.05, 4.69) is 47.3 Å². The Bertz CT molecular complexity index is 346. The van der Waals surface area contributed by atoms with Crippen LogP contribution < -0.4 is 0 Å². The highest BCUT2D eigenvalue weighted by Gasteiger charge is 2.26. The van der Waals surface area contributed by atoms with Crippen molar-refractivity contribution < 1.29 is 9.47 Å². The molecule has 0 bridgehead atoms. The largest absolute Gasteiger partial charge is 0.498 e. The fourth-order valence-electron chi connectivity index (χ4n) is 3.89. The van der Waals surface area contributed by atoms with Crippen molar-refractivity contribution in [1.29, 1.82) is 0 Å². The summed E-state index contributed by atoms with van der Waals surface area (Å²) in [6, 6.07) is 0. The van der Waals surface area contributed by atoms with Crippen molar-refractivity contribution in [3.05, 3.63) is 25.0 Å². The minimum absolute atomic E-state index is 0.205. The first-order valence-corrected chi connectivity index (χ1v) is 11.6. The van der Waals surface area contributed by atoms with E-state index in [1.54, 1.807) is 0 Å². The number of hydrogen-bond acceptors (Lipinski definition) is 2. The summed E-state index contributed by atoms with van der Waals surface area (Å²) in [5, 5.41) is 0. The molecule has 0 spiro atoms. The topological polar surface area (TPSA) is 18.5 Å². The number of ether oxygens (including phenoxy) is 2. The van der Waals surface area contributed by atoms with Gasteiger partial charge in [0.25, 0.3) is 0 Å². The smallest absolute Gasteiger partial charge is 0.100 e. The third-order valence-electron chi connectivity index (χ3n) is 6.01. The van der Waals surface area contributed by atoms with E-state index in [0.29, 0.717) is 11.8 Å². The molecular formula is C25H48O2. The minimum Gasteiger partial charge on any atom is -0.498 e. The first-order chi connectivity index (χ1) is 13.1. The molecule has 0 aliphatic carbocycles. The molecule has 2 heteroatoms. The molecule has 3 unspecified atom stereocenters. The van der Waals surface area contributed by atoms with Crippen molar-refractivity contribution in [1.82, 2.24) is 0 Å². The predicted molar refractivity (Wildman–Crippen MR) is 120 cm³/mol. The fraction of sp³-hybridized carbons (Fsp3) is 0.840. The molecule has 0 aliphatic heterocycles. The molecule has 3 atom stereocenters. The van der Waals surface area contributed by atoms with Gasteiger partial charge in [0, 0.05) is 12.5 Å². The van der Waals surface area contributed by atoms with Crippen LogP contribution in [0.5, 0.6) is 0 Å². The van der Waals surface area contributed by atoms with Gasteiger partial charge in [-0.05, 0) is 63.9 Å². The van der Waals surface area contributed by atoms with Crippen molar-refractivity contribution in [2.75, 3.05) is 13.2 Å². The average Bonchev–Trinajstić information content (AvgIpc) is 2.69. The SMILES string of the molecule is C=CCCCCC(CC)C(COCC)C(C)OC=CCCCC(CC)CC. The fourth-order valence-corrected chi connectivity index (χ4v) is 3.89. The van der Waals surface area contributed by atoms with Crippen LogP contribution in [0.3, 0.4) is 0 Å². The van der Waals surface area contributed by atoms with Gasteiger partial charge >= 0.3 is 0 Å². The summed E-state index contributed by atoms with van der Waals surface area (Å²) >= 11 is 0. The third-order valence-corrected chi connectivity index (χ3v) is 6.01. The lowest BCUT2D eigenvalue weighted by atomic mass is 9.83. The van der Waals surface area contributed by atoms with Gasteiger partial charge in [-0.25, -0.2) is 0 Å².